The molecule has 0 fully saturated rings. The molecule has 3 rings (SSSR count). The maximum absolute atomic E-state index is 12.9. The summed E-state index contributed by atoms with van der Waals surface area (Å²) in [4.78, 5) is 11.9. The molecule has 1 N–H and O–H groups in total. The normalized spacial score (nSPS) is 13.4. The van der Waals surface area contributed by atoms with E-state index < -0.39 is 17.6 Å². The van der Waals surface area contributed by atoms with Crippen molar-refractivity contribution in [1.82, 2.24) is 0 Å². The Labute approximate surface area is 151 Å². The molecule has 0 radical (unpaired) electrons. The van der Waals surface area contributed by atoms with Crippen molar-refractivity contribution >= 4 is 27.5 Å². The molecule has 0 atom stereocenters. The second kappa shape index (κ2) is 7.07. The van der Waals surface area contributed by atoms with E-state index >= 15 is 0 Å². The van der Waals surface area contributed by atoms with Crippen LogP contribution in [0, 0.1) is 0 Å². The number of hydrogen-bond acceptors (Lipinski definition) is 2. The highest BCUT2D eigenvalue weighted by Crippen LogP contribution is 2.36. The number of aryl methyl sites for hydroxylation is 2. The van der Waals surface area contributed by atoms with Crippen LogP contribution in [0.3, 0.4) is 0 Å². The van der Waals surface area contributed by atoms with Gasteiger partial charge in [0.2, 0.25) is 0 Å². The van der Waals surface area contributed by atoms with E-state index in [0.29, 0.717) is 5.75 Å². The van der Waals surface area contributed by atoms with Gasteiger partial charge in [-0.2, -0.15) is 13.2 Å². The van der Waals surface area contributed by atoms with Gasteiger partial charge in [-0.3, -0.25) is 4.79 Å². The third-order valence-electron chi connectivity index (χ3n) is 4.00. The number of nitrogens with one attached hydrogen (secondary N) is 1. The summed E-state index contributed by atoms with van der Waals surface area (Å²) in [5, 5.41) is 2.42. The van der Waals surface area contributed by atoms with Gasteiger partial charge in [0.1, 0.15) is 5.75 Å². The van der Waals surface area contributed by atoms with Gasteiger partial charge in [-0.05, 0) is 60.7 Å². The molecule has 1 aliphatic carbocycles. The highest BCUT2D eigenvalue weighted by Gasteiger charge is 2.33. The third kappa shape index (κ3) is 4.34. The van der Waals surface area contributed by atoms with Gasteiger partial charge in [0.25, 0.3) is 5.91 Å². The monoisotopic (exact) mass is 413 g/mol. The fourth-order valence-corrected chi connectivity index (χ4v) is 3.28. The summed E-state index contributed by atoms with van der Waals surface area (Å²) >= 11 is 2.86. The first-order valence-corrected chi connectivity index (χ1v) is 8.53. The van der Waals surface area contributed by atoms with Gasteiger partial charge in [-0.25, -0.2) is 0 Å². The molecule has 132 valence electrons. The van der Waals surface area contributed by atoms with E-state index in [0.717, 1.165) is 25.3 Å². The lowest BCUT2D eigenvalue weighted by molar-refractivity contribution is -0.138. The quantitative estimate of drug-likeness (QED) is 0.767. The fourth-order valence-electron chi connectivity index (χ4n) is 2.80. The zero-order valence-corrected chi connectivity index (χ0v) is 14.7. The van der Waals surface area contributed by atoms with Crippen molar-refractivity contribution in [2.24, 2.45) is 0 Å². The Bertz CT molecular complexity index is 805. The number of halogens is 4. The minimum atomic E-state index is -4.50. The molecule has 0 aliphatic heterocycles. The first kappa shape index (κ1) is 17.8. The zero-order chi connectivity index (χ0) is 18.0. The van der Waals surface area contributed by atoms with Gasteiger partial charge in [0.15, 0.2) is 6.61 Å². The number of ether oxygens (including phenoxy) is 1. The number of carbonyl (C=O) groups excluding carboxylic acids is 1. The van der Waals surface area contributed by atoms with Gasteiger partial charge in [-0.1, -0.05) is 22.0 Å². The number of amides is 1. The van der Waals surface area contributed by atoms with Crippen molar-refractivity contribution in [1.29, 1.82) is 0 Å². The van der Waals surface area contributed by atoms with Crippen LogP contribution in [0.1, 0.15) is 23.1 Å². The van der Waals surface area contributed by atoms with Crippen LogP contribution in [0.4, 0.5) is 18.9 Å². The van der Waals surface area contributed by atoms with Gasteiger partial charge in [0.05, 0.1) is 5.56 Å². The van der Waals surface area contributed by atoms with Crippen LogP contribution in [0.5, 0.6) is 5.75 Å². The summed E-state index contributed by atoms with van der Waals surface area (Å²) < 4.78 is 44.0. The van der Waals surface area contributed by atoms with Gasteiger partial charge in [0, 0.05) is 10.2 Å². The molecule has 7 heteroatoms. The molecule has 3 nitrogen and oxygen atoms in total. The van der Waals surface area contributed by atoms with Crippen LogP contribution in [-0.4, -0.2) is 12.5 Å². The Balaban J connectivity index is 1.61. The van der Waals surface area contributed by atoms with Crippen molar-refractivity contribution in [2.45, 2.75) is 25.4 Å². The second-order valence-corrected chi connectivity index (χ2v) is 6.67. The second-order valence-electron chi connectivity index (χ2n) is 5.81. The van der Waals surface area contributed by atoms with Crippen LogP contribution in [0.15, 0.2) is 40.9 Å². The average Bonchev–Trinajstić information content (AvgIpc) is 3.01. The Morgan fingerprint density at radius 1 is 1.12 bits per heavy atom. The Morgan fingerprint density at radius 2 is 1.88 bits per heavy atom. The fraction of sp³-hybridized carbons (Fsp3) is 0.278. The molecule has 0 aromatic heterocycles. The topological polar surface area (TPSA) is 38.3 Å². The number of hydrogen-bond donors (Lipinski definition) is 1. The molecule has 0 saturated heterocycles. The molecule has 1 amide bonds. The minimum absolute atomic E-state index is 0.0677. The molecule has 2 aromatic carbocycles. The molecule has 0 heterocycles. The van der Waals surface area contributed by atoms with Crippen molar-refractivity contribution in [3.05, 3.63) is 57.6 Å². The SMILES string of the molecule is O=C(COc1ccc2c(c1)CCC2)Nc1ccc(Br)c(C(F)(F)F)c1. The summed E-state index contributed by atoms with van der Waals surface area (Å²) in [6.07, 6.45) is -1.33. The molecule has 0 bridgehead atoms. The Morgan fingerprint density at radius 3 is 2.64 bits per heavy atom. The Hall–Kier alpha value is -2.02. The number of fused-ring (bicyclic) bond motifs is 1. The highest BCUT2D eigenvalue weighted by atomic mass is 79.9. The lowest BCUT2D eigenvalue weighted by Crippen LogP contribution is -2.20. The van der Waals surface area contributed by atoms with E-state index in [1.807, 2.05) is 12.1 Å². The molecule has 0 spiro atoms. The first-order chi connectivity index (χ1) is 11.8. The standard InChI is InChI=1S/C18H15BrF3NO2/c19-16-7-5-13(9-15(16)18(20,21)22)23-17(24)10-25-14-6-4-11-2-1-3-12(11)8-14/h4-9H,1-3,10H2,(H,23,24). The van der Waals surface area contributed by atoms with E-state index in [1.165, 1.54) is 23.3 Å². The van der Waals surface area contributed by atoms with Crippen LogP contribution < -0.4 is 10.1 Å². The molecule has 1 aliphatic rings. The summed E-state index contributed by atoms with van der Waals surface area (Å²) in [6, 6.07) is 9.24. The van der Waals surface area contributed by atoms with Crippen molar-refractivity contribution in [2.75, 3.05) is 11.9 Å². The lowest BCUT2D eigenvalue weighted by atomic mass is 10.1. The van der Waals surface area contributed by atoms with Crippen molar-refractivity contribution in [3.8, 4) is 5.75 Å². The molecule has 2 aromatic rings. The summed E-state index contributed by atoms with van der Waals surface area (Å²) in [7, 11) is 0. The van der Waals surface area contributed by atoms with Crippen LogP contribution in [-0.2, 0) is 23.8 Å². The summed E-state index contributed by atoms with van der Waals surface area (Å²) in [6.45, 7) is -0.268. The first-order valence-electron chi connectivity index (χ1n) is 7.74. The number of rotatable bonds is 4. The molecule has 0 unspecified atom stereocenters. The van der Waals surface area contributed by atoms with Crippen molar-refractivity contribution < 1.29 is 22.7 Å². The highest BCUT2D eigenvalue weighted by molar-refractivity contribution is 9.10. The van der Waals surface area contributed by atoms with Crippen molar-refractivity contribution in [3.63, 3.8) is 0 Å². The number of carbonyl (C=O) groups is 1. The van der Waals surface area contributed by atoms with Crippen LogP contribution in [0.25, 0.3) is 0 Å². The lowest BCUT2D eigenvalue weighted by Gasteiger charge is -2.12. The maximum atomic E-state index is 12.9. The number of anilines is 1. The molecule has 0 saturated carbocycles. The third-order valence-corrected chi connectivity index (χ3v) is 4.69. The van der Waals surface area contributed by atoms with Gasteiger partial charge in [-0.15, -0.1) is 0 Å². The number of alkyl halides is 3. The predicted molar refractivity (Wildman–Crippen MR) is 91.7 cm³/mol. The minimum Gasteiger partial charge on any atom is -0.484 e. The Kier molecular flexibility index (Phi) is 5.03. The van der Waals surface area contributed by atoms with E-state index in [4.69, 9.17) is 4.74 Å². The number of benzene rings is 2. The maximum Gasteiger partial charge on any atom is 0.417 e. The molecular weight excluding hydrogens is 399 g/mol. The summed E-state index contributed by atoms with van der Waals surface area (Å²) in [5.41, 5.74) is 1.75. The van der Waals surface area contributed by atoms with E-state index in [-0.39, 0.29) is 16.8 Å². The largest absolute Gasteiger partial charge is 0.484 e. The molecular formula is C18H15BrF3NO2. The van der Waals surface area contributed by atoms with Gasteiger partial charge < -0.3 is 10.1 Å². The van der Waals surface area contributed by atoms with E-state index in [2.05, 4.69) is 21.2 Å². The average molecular weight is 414 g/mol. The van der Waals surface area contributed by atoms with E-state index in [1.54, 1.807) is 6.07 Å². The van der Waals surface area contributed by atoms with Gasteiger partial charge >= 0.3 is 6.18 Å². The smallest absolute Gasteiger partial charge is 0.417 e. The summed E-state index contributed by atoms with van der Waals surface area (Å²) in [5.74, 6) is 0.0681. The molecule has 25 heavy (non-hydrogen) atoms. The zero-order valence-electron chi connectivity index (χ0n) is 13.1. The van der Waals surface area contributed by atoms with Crippen LogP contribution in [0.2, 0.25) is 0 Å². The van der Waals surface area contributed by atoms with E-state index in [9.17, 15) is 18.0 Å². The van der Waals surface area contributed by atoms with Crippen LogP contribution >= 0.6 is 15.9 Å². The predicted octanol–water partition coefficient (Wildman–Crippen LogP) is 4.97.